The summed E-state index contributed by atoms with van der Waals surface area (Å²) in [6, 6.07) is 11.6. The van der Waals surface area contributed by atoms with Gasteiger partial charge in [0.1, 0.15) is 11.6 Å². The predicted octanol–water partition coefficient (Wildman–Crippen LogP) is 5.47. The number of hydrogen-bond donors (Lipinski definition) is 2. The van der Waals surface area contributed by atoms with Gasteiger partial charge in [-0.2, -0.15) is 0 Å². The number of anilines is 1. The Balaban J connectivity index is 1.81. The van der Waals surface area contributed by atoms with Crippen molar-refractivity contribution >= 4 is 45.0 Å². The van der Waals surface area contributed by atoms with Crippen LogP contribution in [0, 0.1) is 11.6 Å². The number of amides is 2. The fraction of sp³-hybridized carbons (Fsp3) is 0.0476. The summed E-state index contributed by atoms with van der Waals surface area (Å²) < 4.78 is 27.9. The Morgan fingerprint density at radius 1 is 1.07 bits per heavy atom. The van der Waals surface area contributed by atoms with Crippen LogP contribution in [0.25, 0.3) is 0 Å². The van der Waals surface area contributed by atoms with Crippen molar-refractivity contribution in [2.75, 3.05) is 5.32 Å². The molecule has 1 aliphatic rings. The second-order valence-electron chi connectivity index (χ2n) is 6.45. The minimum atomic E-state index is -0.753. The molecule has 0 spiro atoms. The zero-order valence-electron chi connectivity index (χ0n) is 14.6. The lowest BCUT2D eigenvalue weighted by molar-refractivity contribution is 0.0959. The molecule has 0 fully saturated rings. The third kappa shape index (κ3) is 3.75. The third-order valence-corrected chi connectivity index (χ3v) is 5.36. The molecule has 29 heavy (non-hydrogen) atoms. The Labute approximate surface area is 178 Å². The number of benzene rings is 3. The van der Waals surface area contributed by atoms with Crippen LogP contribution in [0.1, 0.15) is 37.9 Å². The van der Waals surface area contributed by atoms with Gasteiger partial charge in [-0.25, -0.2) is 8.78 Å². The van der Waals surface area contributed by atoms with Gasteiger partial charge in [-0.3, -0.25) is 9.59 Å². The fourth-order valence-electron chi connectivity index (χ4n) is 3.29. The van der Waals surface area contributed by atoms with Crippen LogP contribution in [0.5, 0.6) is 0 Å². The van der Waals surface area contributed by atoms with Crippen LogP contribution in [0.3, 0.4) is 0 Å². The number of hydrogen-bond acceptors (Lipinski definition) is 2. The standard InChI is InChI=1S/C21H12BrClF2N2O2/c22-11-7-15-18(17(8-11)26-20(28)10-2-1-3-12(24)6-10)19(27-21(15)29)14-9-13(25)4-5-16(14)23/h1-9,19H,(H,26,28)(H,27,29). The molecule has 0 bridgehead atoms. The van der Waals surface area contributed by atoms with Crippen molar-refractivity contribution < 1.29 is 18.4 Å². The molecule has 0 saturated carbocycles. The van der Waals surface area contributed by atoms with Gasteiger partial charge in [-0.15, -0.1) is 0 Å². The monoisotopic (exact) mass is 476 g/mol. The molecule has 2 amide bonds. The normalized spacial score (nSPS) is 15.0. The molecule has 1 heterocycles. The molecule has 2 N–H and O–H groups in total. The number of rotatable bonds is 3. The highest BCUT2D eigenvalue weighted by Gasteiger charge is 2.34. The largest absolute Gasteiger partial charge is 0.341 e. The van der Waals surface area contributed by atoms with Gasteiger partial charge < -0.3 is 10.6 Å². The quantitative estimate of drug-likeness (QED) is 0.526. The zero-order chi connectivity index (χ0) is 20.7. The maximum atomic E-state index is 13.8. The van der Waals surface area contributed by atoms with E-state index < -0.39 is 23.6 Å². The van der Waals surface area contributed by atoms with Crippen LogP contribution in [0.2, 0.25) is 5.02 Å². The van der Waals surface area contributed by atoms with Gasteiger partial charge in [0, 0.05) is 37.4 Å². The summed E-state index contributed by atoms with van der Waals surface area (Å²) in [6.45, 7) is 0. The summed E-state index contributed by atoms with van der Waals surface area (Å²) in [5.74, 6) is -1.98. The maximum absolute atomic E-state index is 13.8. The van der Waals surface area contributed by atoms with Crippen LogP contribution < -0.4 is 10.6 Å². The lowest BCUT2D eigenvalue weighted by atomic mass is 9.96. The Morgan fingerprint density at radius 3 is 2.59 bits per heavy atom. The molecular formula is C21H12BrClF2N2O2. The van der Waals surface area contributed by atoms with Crippen molar-refractivity contribution in [3.05, 3.63) is 98.0 Å². The molecule has 1 atom stereocenters. The zero-order valence-corrected chi connectivity index (χ0v) is 16.9. The van der Waals surface area contributed by atoms with E-state index in [0.717, 1.165) is 6.07 Å². The summed E-state index contributed by atoms with van der Waals surface area (Å²) in [4.78, 5) is 25.2. The molecule has 146 valence electrons. The molecule has 0 saturated heterocycles. The van der Waals surface area contributed by atoms with Crippen molar-refractivity contribution in [1.29, 1.82) is 0 Å². The van der Waals surface area contributed by atoms with Gasteiger partial charge in [0.05, 0.1) is 6.04 Å². The maximum Gasteiger partial charge on any atom is 0.255 e. The molecule has 0 aliphatic carbocycles. The Hall–Kier alpha value is -2.77. The highest BCUT2D eigenvalue weighted by Crippen LogP contribution is 2.41. The Kier molecular flexibility index (Phi) is 5.10. The smallest absolute Gasteiger partial charge is 0.255 e. The van der Waals surface area contributed by atoms with Crippen molar-refractivity contribution in [3.63, 3.8) is 0 Å². The summed E-state index contributed by atoms with van der Waals surface area (Å²) in [6.07, 6.45) is 0. The number of carbonyl (C=O) groups excluding carboxylic acids is 2. The predicted molar refractivity (Wildman–Crippen MR) is 109 cm³/mol. The number of nitrogens with one attached hydrogen (secondary N) is 2. The van der Waals surface area contributed by atoms with Crippen molar-refractivity contribution in [2.45, 2.75) is 6.04 Å². The number of carbonyl (C=O) groups is 2. The van der Waals surface area contributed by atoms with Crippen LogP contribution in [-0.4, -0.2) is 11.8 Å². The molecule has 8 heteroatoms. The molecule has 1 unspecified atom stereocenters. The first-order chi connectivity index (χ1) is 13.8. The highest BCUT2D eigenvalue weighted by atomic mass is 79.9. The van der Waals surface area contributed by atoms with Crippen molar-refractivity contribution in [2.24, 2.45) is 0 Å². The average Bonchev–Trinajstić information content (AvgIpc) is 3.00. The first-order valence-electron chi connectivity index (χ1n) is 8.49. The SMILES string of the molecule is O=C(Nc1cc(Br)cc2c1C(c1cc(F)ccc1Cl)NC2=O)c1cccc(F)c1. The summed E-state index contributed by atoms with van der Waals surface area (Å²) in [5.41, 5.74) is 1.58. The first-order valence-corrected chi connectivity index (χ1v) is 9.67. The lowest BCUT2D eigenvalue weighted by Gasteiger charge is -2.18. The Morgan fingerprint density at radius 2 is 1.83 bits per heavy atom. The topological polar surface area (TPSA) is 58.2 Å². The van der Waals surface area contributed by atoms with Gasteiger partial charge in [0.2, 0.25) is 0 Å². The van der Waals surface area contributed by atoms with Gasteiger partial charge in [-0.1, -0.05) is 33.6 Å². The summed E-state index contributed by atoms with van der Waals surface area (Å²) in [5, 5.41) is 5.76. The second-order valence-corrected chi connectivity index (χ2v) is 7.77. The molecule has 0 aromatic heterocycles. The van der Waals surface area contributed by atoms with Crippen LogP contribution in [-0.2, 0) is 0 Å². The van der Waals surface area contributed by atoms with Gasteiger partial charge in [0.25, 0.3) is 11.8 Å². The van der Waals surface area contributed by atoms with E-state index in [-0.39, 0.29) is 16.5 Å². The number of fused-ring (bicyclic) bond motifs is 1. The van der Waals surface area contributed by atoms with Crippen molar-refractivity contribution in [3.8, 4) is 0 Å². The molecule has 1 aliphatic heterocycles. The molecule has 4 nitrogen and oxygen atoms in total. The van der Waals surface area contributed by atoms with E-state index in [1.165, 1.54) is 36.4 Å². The molecule has 3 aromatic rings. The minimum absolute atomic E-state index is 0.122. The fourth-order valence-corrected chi connectivity index (χ4v) is 3.98. The second kappa shape index (κ2) is 7.57. The van der Waals surface area contributed by atoms with Gasteiger partial charge >= 0.3 is 0 Å². The molecular weight excluding hydrogens is 466 g/mol. The van der Waals surface area contributed by atoms with E-state index in [9.17, 15) is 18.4 Å². The van der Waals surface area contributed by atoms with Gasteiger partial charge in [0.15, 0.2) is 0 Å². The third-order valence-electron chi connectivity index (χ3n) is 4.56. The van der Waals surface area contributed by atoms with E-state index in [2.05, 4.69) is 26.6 Å². The van der Waals surface area contributed by atoms with E-state index in [1.54, 1.807) is 12.1 Å². The van der Waals surface area contributed by atoms with Crippen molar-refractivity contribution in [1.82, 2.24) is 5.32 Å². The van der Waals surface area contributed by atoms with E-state index >= 15 is 0 Å². The lowest BCUT2D eigenvalue weighted by Crippen LogP contribution is -2.21. The first kappa shape index (κ1) is 19.5. The number of halogens is 4. The minimum Gasteiger partial charge on any atom is -0.341 e. The highest BCUT2D eigenvalue weighted by molar-refractivity contribution is 9.10. The molecule has 0 radical (unpaired) electrons. The van der Waals surface area contributed by atoms with Crippen LogP contribution in [0.4, 0.5) is 14.5 Å². The van der Waals surface area contributed by atoms with Crippen LogP contribution >= 0.6 is 27.5 Å². The van der Waals surface area contributed by atoms with E-state index in [1.807, 2.05) is 0 Å². The summed E-state index contributed by atoms with van der Waals surface area (Å²) in [7, 11) is 0. The van der Waals surface area contributed by atoms with Gasteiger partial charge in [-0.05, 0) is 48.5 Å². The Bertz CT molecular complexity index is 1170. The average molecular weight is 478 g/mol. The van der Waals surface area contributed by atoms with E-state index in [4.69, 9.17) is 11.6 Å². The van der Waals surface area contributed by atoms with E-state index in [0.29, 0.717) is 26.9 Å². The molecule has 4 rings (SSSR count). The summed E-state index contributed by atoms with van der Waals surface area (Å²) >= 11 is 9.56. The molecule has 3 aromatic carbocycles. The van der Waals surface area contributed by atoms with Crippen LogP contribution in [0.15, 0.2) is 59.1 Å².